The number of ether oxygens (including phenoxy) is 3. The van der Waals surface area contributed by atoms with E-state index in [0.717, 1.165) is 30.0 Å². The van der Waals surface area contributed by atoms with Crippen LogP contribution in [0.4, 0.5) is 10.5 Å². The van der Waals surface area contributed by atoms with Gasteiger partial charge in [-0.15, -0.1) is 0 Å². The fraction of sp³-hybridized carbons (Fsp3) is 0.355. The molecule has 2 amide bonds. The Balaban J connectivity index is 1.35. The van der Waals surface area contributed by atoms with Crippen molar-refractivity contribution < 1.29 is 23.8 Å². The zero-order valence-corrected chi connectivity index (χ0v) is 22.9. The van der Waals surface area contributed by atoms with Crippen molar-refractivity contribution in [3.63, 3.8) is 0 Å². The summed E-state index contributed by atoms with van der Waals surface area (Å²) in [4.78, 5) is 29.1. The maximum absolute atomic E-state index is 12.9. The van der Waals surface area contributed by atoms with Crippen molar-refractivity contribution in [2.75, 3.05) is 51.8 Å². The standard InChI is InChI=1S/C31H37N3O5/c1-4-38-30(35)26-8-5-9-27(19-26)32-31(36)34-17-15-33(16-18-34)21-29(25-7-6-10-28(20-25)37-3)39-22-24-13-11-23(2)12-14-24/h5-14,19-20,29H,4,15-18,21-22H2,1-3H3,(H,32,36). The number of benzene rings is 3. The molecular formula is C31H37N3O5. The molecule has 0 aromatic heterocycles. The van der Waals surface area contributed by atoms with Gasteiger partial charge in [0.15, 0.2) is 0 Å². The van der Waals surface area contributed by atoms with Crippen molar-refractivity contribution in [2.45, 2.75) is 26.6 Å². The van der Waals surface area contributed by atoms with Crippen molar-refractivity contribution >= 4 is 17.7 Å². The highest BCUT2D eigenvalue weighted by Gasteiger charge is 2.25. The van der Waals surface area contributed by atoms with Crippen molar-refractivity contribution in [3.8, 4) is 5.75 Å². The van der Waals surface area contributed by atoms with E-state index >= 15 is 0 Å². The van der Waals surface area contributed by atoms with Gasteiger partial charge in [0, 0.05) is 38.4 Å². The molecule has 39 heavy (non-hydrogen) atoms. The smallest absolute Gasteiger partial charge is 0.338 e. The first kappa shape index (κ1) is 28.1. The van der Waals surface area contributed by atoms with Crippen LogP contribution in [0, 0.1) is 6.92 Å². The molecule has 8 nitrogen and oxygen atoms in total. The summed E-state index contributed by atoms with van der Waals surface area (Å²) < 4.78 is 16.9. The van der Waals surface area contributed by atoms with Gasteiger partial charge in [-0.25, -0.2) is 9.59 Å². The Morgan fingerprint density at radius 3 is 2.41 bits per heavy atom. The molecule has 0 aliphatic carbocycles. The number of nitrogens with zero attached hydrogens (tertiary/aromatic N) is 2. The number of amides is 2. The maximum atomic E-state index is 12.9. The third-order valence-electron chi connectivity index (χ3n) is 6.75. The minimum Gasteiger partial charge on any atom is -0.497 e. The lowest BCUT2D eigenvalue weighted by Gasteiger charge is -2.36. The fourth-order valence-electron chi connectivity index (χ4n) is 4.49. The Morgan fingerprint density at radius 2 is 1.69 bits per heavy atom. The minimum absolute atomic E-state index is 0.146. The number of hydrogen-bond donors (Lipinski definition) is 1. The number of rotatable bonds is 10. The number of urea groups is 1. The molecule has 1 aliphatic rings. The zero-order valence-electron chi connectivity index (χ0n) is 22.9. The van der Waals surface area contributed by atoms with Gasteiger partial charge < -0.3 is 24.4 Å². The quantitative estimate of drug-likeness (QED) is 0.358. The summed E-state index contributed by atoms with van der Waals surface area (Å²) in [6.45, 7) is 7.98. The number of methoxy groups -OCH3 is 1. The van der Waals surface area contributed by atoms with Gasteiger partial charge in [-0.2, -0.15) is 0 Å². The molecule has 1 N–H and O–H groups in total. The molecule has 0 saturated carbocycles. The number of esters is 1. The molecule has 4 rings (SSSR count). The van der Waals surface area contributed by atoms with Crippen molar-refractivity contribution in [1.82, 2.24) is 9.80 Å². The summed E-state index contributed by atoms with van der Waals surface area (Å²) in [6, 6.07) is 23.0. The number of piperazine rings is 1. The average molecular weight is 532 g/mol. The van der Waals surface area contributed by atoms with Crippen LogP contribution in [0.15, 0.2) is 72.8 Å². The first-order chi connectivity index (χ1) is 18.9. The number of anilines is 1. The lowest BCUT2D eigenvalue weighted by Crippen LogP contribution is -2.50. The lowest BCUT2D eigenvalue weighted by atomic mass is 10.1. The lowest BCUT2D eigenvalue weighted by molar-refractivity contribution is 0.00584. The second-order valence-corrected chi connectivity index (χ2v) is 9.58. The molecule has 1 saturated heterocycles. The van der Waals surface area contributed by atoms with Gasteiger partial charge in [0.2, 0.25) is 0 Å². The Bertz CT molecular complexity index is 1240. The highest BCUT2D eigenvalue weighted by atomic mass is 16.5. The van der Waals surface area contributed by atoms with Crippen LogP contribution in [-0.4, -0.2) is 68.2 Å². The summed E-state index contributed by atoms with van der Waals surface area (Å²) in [5, 5.41) is 2.91. The molecule has 8 heteroatoms. The number of hydrogen-bond acceptors (Lipinski definition) is 6. The molecule has 206 valence electrons. The summed E-state index contributed by atoms with van der Waals surface area (Å²) >= 11 is 0. The molecule has 1 heterocycles. The van der Waals surface area contributed by atoms with E-state index in [1.54, 1.807) is 43.2 Å². The second-order valence-electron chi connectivity index (χ2n) is 9.58. The third kappa shape index (κ3) is 8.05. The van der Waals surface area contributed by atoms with Gasteiger partial charge >= 0.3 is 12.0 Å². The Kier molecular flexibility index (Phi) is 9.94. The molecule has 3 aromatic rings. The van der Waals surface area contributed by atoms with E-state index in [1.807, 2.05) is 18.2 Å². The molecule has 0 radical (unpaired) electrons. The number of carbonyl (C=O) groups is 2. The minimum atomic E-state index is -0.405. The Hall–Kier alpha value is -3.88. The molecular weight excluding hydrogens is 494 g/mol. The molecule has 1 aliphatic heterocycles. The van der Waals surface area contributed by atoms with Gasteiger partial charge in [0.1, 0.15) is 5.75 Å². The molecule has 0 spiro atoms. The average Bonchev–Trinajstić information content (AvgIpc) is 2.96. The van der Waals surface area contributed by atoms with Crippen LogP contribution in [0.5, 0.6) is 5.75 Å². The zero-order chi connectivity index (χ0) is 27.6. The normalized spacial score (nSPS) is 14.5. The fourth-order valence-corrected chi connectivity index (χ4v) is 4.49. The van der Waals surface area contributed by atoms with Crippen LogP contribution >= 0.6 is 0 Å². The maximum Gasteiger partial charge on any atom is 0.338 e. The van der Waals surface area contributed by atoms with Crippen molar-refractivity contribution in [3.05, 3.63) is 95.1 Å². The monoisotopic (exact) mass is 531 g/mol. The SMILES string of the molecule is CCOC(=O)c1cccc(NC(=O)N2CCN(CC(OCc3ccc(C)cc3)c3cccc(OC)c3)CC2)c1. The predicted molar refractivity (Wildman–Crippen MR) is 151 cm³/mol. The van der Waals surface area contributed by atoms with E-state index in [1.165, 1.54) is 5.56 Å². The summed E-state index contributed by atoms with van der Waals surface area (Å²) in [5.41, 5.74) is 4.38. The van der Waals surface area contributed by atoms with Crippen LogP contribution in [0.1, 0.15) is 40.1 Å². The summed E-state index contributed by atoms with van der Waals surface area (Å²) in [5.74, 6) is 0.391. The molecule has 3 aromatic carbocycles. The largest absolute Gasteiger partial charge is 0.497 e. The number of carbonyl (C=O) groups excluding carboxylic acids is 2. The molecule has 1 unspecified atom stereocenters. The van der Waals surface area contributed by atoms with Gasteiger partial charge in [0.25, 0.3) is 0 Å². The Labute approximate surface area is 230 Å². The molecule has 1 atom stereocenters. The summed E-state index contributed by atoms with van der Waals surface area (Å²) in [7, 11) is 1.67. The first-order valence-corrected chi connectivity index (χ1v) is 13.3. The van der Waals surface area contributed by atoms with E-state index in [0.29, 0.717) is 44.1 Å². The summed E-state index contributed by atoms with van der Waals surface area (Å²) in [6.07, 6.45) is -0.146. The van der Waals surface area contributed by atoms with Gasteiger partial charge in [-0.3, -0.25) is 4.90 Å². The van der Waals surface area contributed by atoms with Crippen molar-refractivity contribution in [1.29, 1.82) is 0 Å². The van der Waals surface area contributed by atoms with Gasteiger partial charge in [0.05, 0.1) is 32.0 Å². The van der Waals surface area contributed by atoms with Crippen LogP contribution < -0.4 is 10.1 Å². The van der Waals surface area contributed by atoms with E-state index in [9.17, 15) is 9.59 Å². The van der Waals surface area contributed by atoms with Crippen LogP contribution in [0.2, 0.25) is 0 Å². The second kappa shape index (κ2) is 13.8. The molecule has 0 bridgehead atoms. The third-order valence-corrected chi connectivity index (χ3v) is 6.75. The highest BCUT2D eigenvalue weighted by molar-refractivity contribution is 5.94. The predicted octanol–water partition coefficient (Wildman–Crippen LogP) is 5.29. The number of aryl methyl sites for hydroxylation is 1. The highest BCUT2D eigenvalue weighted by Crippen LogP contribution is 2.25. The first-order valence-electron chi connectivity index (χ1n) is 13.3. The topological polar surface area (TPSA) is 80.3 Å². The van der Waals surface area contributed by atoms with Crippen LogP contribution in [0.3, 0.4) is 0 Å². The van der Waals surface area contributed by atoms with Gasteiger partial charge in [-0.1, -0.05) is 48.0 Å². The molecule has 1 fully saturated rings. The van der Waals surface area contributed by atoms with E-state index < -0.39 is 5.97 Å². The van der Waals surface area contributed by atoms with Gasteiger partial charge in [-0.05, 0) is 55.3 Å². The van der Waals surface area contributed by atoms with Crippen LogP contribution in [-0.2, 0) is 16.1 Å². The van der Waals surface area contributed by atoms with E-state index in [4.69, 9.17) is 14.2 Å². The Morgan fingerprint density at radius 1 is 0.949 bits per heavy atom. The van der Waals surface area contributed by atoms with E-state index in [2.05, 4.69) is 47.5 Å². The number of nitrogens with one attached hydrogen (secondary N) is 1. The van der Waals surface area contributed by atoms with E-state index in [-0.39, 0.29) is 12.1 Å². The van der Waals surface area contributed by atoms with Crippen LogP contribution in [0.25, 0.3) is 0 Å². The van der Waals surface area contributed by atoms with Crippen molar-refractivity contribution in [2.24, 2.45) is 0 Å².